The number of amides is 1. The lowest BCUT2D eigenvalue weighted by atomic mass is 9.84. The molecular weight excluding hydrogens is 266 g/mol. The summed E-state index contributed by atoms with van der Waals surface area (Å²) in [6, 6.07) is 0.231. The second kappa shape index (κ2) is 8.20. The summed E-state index contributed by atoms with van der Waals surface area (Å²) < 4.78 is 4.80. The smallest absolute Gasteiger partial charge is 0.310 e. The van der Waals surface area contributed by atoms with Crippen LogP contribution in [0.2, 0.25) is 0 Å². The van der Waals surface area contributed by atoms with Crippen LogP contribution in [-0.4, -0.2) is 36.5 Å². The minimum Gasteiger partial charge on any atom is -0.469 e. The number of allylic oxidation sites excluding steroid dienone is 1. The summed E-state index contributed by atoms with van der Waals surface area (Å²) in [7, 11) is 1.39. The number of nitrogens with zero attached hydrogens (tertiary/aromatic N) is 1. The minimum atomic E-state index is -0.293. The SMILES string of the molecule is COC(=O)C(C)CN(C(=O)C=C(C)C)C1CCCCC1C. The zero-order valence-corrected chi connectivity index (χ0v) is 14.0. The van der Waals surface area contributed by atoms with Crippen molar-refractivity contribution in [2.75, 3.05) is 13.7 Å². The van der Waals surface area contributed by atoms with Crippen LogP contribution < -0.4 is 0 Å². The van der Waals surface area contributed by atoms with Crippen LogP contribution in [0, 0.1) is 11.8 Å². The Hall–Kier alpha value is -1.32. The van der Waals surface area contributed by atoms with Crippen molar-refractivity contribution >= 4 is 11.9 Å². The molecule has 1 rings (SSSR count). The Morgan fingerprint density at radius 3 is 2.43 bits per heavy atom. The fraction of sp³-hybridized carbons (Fsp3) is 0.765. The molecule has 21 heavy (non-hydrogen) atoms. The lowest BCUT2D eigenvalue weighted by molar-refractivity contribution is -0.147. The van der Waals surface area contributed by atoms with Gasteiger partial charge in [-0.15, -0.1) is 0 Å². The first-order chi connectivity index (χ1) is 9.86. The third-order valence-electron chi connectivity index (χ3n) is 4.24. The third-order valence-corrected chi connectivity index (χ3v) is 4.24. The van der Waals surface area contributed by atoms with E-state index in [2.05, 4.69) is 6.92 Å². The molecule has 0 aliphatic heterocycles. The van der Waals surface area contributed by atoms with Crippen LogP contribution >= 0.6 is 0 Å². The molecule has 1 aliphatic carbocycles. The number of carbonyl (C=O) groups excluding carboxylic acids is 2. The summed E-state index contributed by atoms with van der Waals surface area (Å²) in [5.41, 5.74) is 0.985. The Morgan fingerprint density at radius 1 is 1.29 bits per heavy atom. The molecule has 0 spiro atoms. The van der Waals surface area contributed by atoms with Gasteiger partial charge in [-0.1, -0.05) is 32.3 Å². The summed E-state index contributed by atoms with van der Waals surface area (Å²) in [6.45, 7) is 8.30. The van der Waals surface area contributed by atoms with E-state index < -0.39 is 0 Å². The van der Waals surface area contributed by atoms with Gasteiger partial charge < -0.3 is 9.64 Å². The minimum absolute atomic E-state index is 0.0181. The normalized spacial score (nSPS) is 23.1. The van der Waals surface area contributed by atoms with Crippen molar-refractivity contribution in [3.63, 3.8) is 0 Å². The molecule has 0 aromatic rings. The van der Waals surface area contributed by atoms with Gasteiger partial charge in [0.2, 0.25) is 5.91 Å². The molecule has 4 nitrogen and oxygen atoms in total. The maximum atomic E-state index is 12.5. The Balaban J connectivity index is 2.90. The average Bonchev–Trinajstić information content (AvgIpc) is 2.43. The Bertz CT molecular complexity index is 399. The molecule has 0 bridgehead atoms. The molecule has 3 atom stereocenters. The molecular formula is C17H29NO3. The first-order valence-corrected chi connectivity index (χ1v) is 7.90. The molecule has 120 valence electrons. The van der Waals surface area contributed by atoms with E-state index in [0.717, 1.165) is 24.8 Å². The van der Waals surface area contributed by atoms with Crippen LogP contribution in [0.15, 0.2) is 11.6 Å². The van der Waals surface area contributed by atoms with Crippen LogP contribution in [0.4, 0.5) is 0 Å². The van der Waals surface area contributed by atoms with Gasteiger partial charge in [-0.05, 0) is 32.6 Å². The van der Waals surface area contributed by atoms with Gasteiger partial charge in [0.25, 0.3) is 0 Å². The van der Waals surface area contributed by atoms with Crippen molar-refractivity contribution in [3.05, 3.63) is 11.6 Å². The lowest BCUT2D eigenvalue weighted by Crippen LogP contribution is -2.47. The Morgan fingerprint density at radius 2 is 1.90 bits per heavy atom. The monoisotopic (exact) mass is 295 g/mol. The molecule has 1 amide bonds. The van der Waals surface area contributed by atoms with E-state index in [1.807, 2.05) is 25.7 Å². The summed E-state index contributed by atoms with van der Waals surface area (Å²) >= 11 is 0. The van der Waals surface area contributed by atoms with E-state index in [1.165, 1.54) is 13.5 Å². The first-order valence-electron chi connectivity index (χ1n) is 7.90. The van der Waals surface area contributed by atoms with Gasteiger partial charge in [-0.2, -0.15) is 0 Å². The molecule has 1 fully saturated rings. The number of hydrogen-bond acceptors (Lipinski definition) is 3. The van der Waals surface area contributed by atoms with Crippen molar-refractivity contribution in [2.45, 2.75) is 59.4 Å². The van der Waals surface area contributed by atoms with Crippen LogP contribution in [0.5, 0.6) is 0 Å². The van der Waals surface area contributed by atoms with Crippen LogP contribution in [-0.2, 0) is 14.3 Å². The number of methoxy groups -OCH3 is 1. The van der Waals surface area contributed by atoms with E-state index in [1.54, 1.807) is 6.08 Å². The van der Waals surface area contributed by atoms with Gasteiger partial charge in [0.15, 0.2) is 0 Å². The van der Waals surface area contributed by atoms with Gasteiger partial charge >= 0.3 is 5.97 Å². The quantitative estimate of drug-likeness (QED) is 0.578. The number of carbonyl (C=O) groups is 2. The summed E-state index contributed by atoms with van der Waals surface area (Å²) in [6.07, 6.45) is 6.23. The molecule has 0 radical (unpaired) electrons. The highest BCUT2D eigenvalue weighted by atomic mass is 16.5. The van der Waals surface area contributed by atoms with E-state index in [-0.39, 0.29) is 23.8 Å². The molecule has 1 aliphatic rings. The molecule has 0 heterocycles. The topological polar surface area (TPSA) is 46.6 Å². The molecule has 1 saturated carbocycles. The summed E-state index contributed by atoms with van der Waals surface area (Å²) in [4.78, 5) is 26.1. The predicted octanol–water partition coefficient (Wildman–Crippen LogP) is 3.17. The van der Waals surface area contributed by atoms with Gasteiger partial charge in [0.05, 0.1) is 13.0 Å². The van der Waals surface area contributed by atoms with Crippen molar-refractivity contribution in [1.82, 2.24) is 4.90 Å². The van der Waals surface area contributed by atoms with E-state index in [0.29, 0.717) is 12.5 Å². The fourth-order valence-electron chi connectivity index (χ4n) is 3.05. The zero-order valence-electron chi connectivity index (χ0n) is 14.0. The fourth-order valence-corrected chi connectivity index (χ4v) is 3.05. The number of hydrogen-bond donors (Lipinski definition) is 0. The van der Waals surface area contributed by atoms with E-state index >= 15 is 0 Å². The predicted molar refractivity (Wildman–Crippen MR) is 83.7 cm³/mol. The molecule has 3 unspecified atom stereocenters. The maximum Gasteiger partial charge on any atom is 0.310 e. The molecule has 0 aromatic carbocycles. The van der Waals surface area contributed by atoms with Gasteiger partial charge in [-0.25, -0.2) is 0 Å². The van der Waals surface area contributed by atoms with E-state index in [9.17, 15) is 9.59 Å². The van der Waals surface area contributed by atoms with E-state index in [4.69, 9.17) is 4.74 Å². The zero-order chi connectivity index (χ0) is 16.0. The highest BCUT2D eigenvalue weighted by Gasteiger charge is 2.31. The number of esters is 1. The number of rotatable bonds is 5. The molecule has 0 aromatic heterocycles. The molecule has 0 saturated heterocycles. The Labute approximate surface area is 128 Å². The standard InChI is InChI=1S/C17H29NO3/c1-12(2)10-16(19)18(11-14(4)17(20)21-5)15-9-7-6-8-13(15)3/h10,13-15H,6-9,11H2,1-5H3. The summed E-state index contributed by atoms with van der Waals surface area (Å²) in [5, 5.41) is 0. The van der Waals surface area contributed by atoms with Gasteiger partial charge in [0.1, 0.15) is 0 Å². The van der Waals surface area contributed by atoms with Crippen molar-refractivity contribution in [3.8, 4) is 0 Å². The maximum absolute atomic E-state index is 12.5. The third kappa shape index (κ3) is 5.18. The van der Waals surface area contributed by atoms with Gasteiger partial charge in [0, 0.05) is 18.7 Å². The van der Waals surface area contributed by atoms with Crippen LogP contribution in [0.3, 0.4) is 0 Å². The molecule has 0 N–H and O–H groups in total. The Kier molecular flexibility index (Phi) is 6.93. The second-order valence-corrected chi connectivity index (χ2v) is 6.47. The lowest BCUT2D eigenvalue weighted by Gasteiger charge is -2.39. The van der Waals surface area contributed by atoms with Crippen molar-refractivity contribution in [2.24, 2.45) is 11.8 Å². The highest BCUT2D eigenvalue weighted by molar-refractivity contribution is 5.89. The van der Waals surface area contributed by atoms with Crippen LogP contribution in [0.1, 0.15) is 53.4 Å². The molecule has 4 heteroatoms. The average molecular weight is 295 g/mol. The van der Waals surface area contributed by atoms with Crippen LogP contribution in [0.25, 0.3) is 0 Å². The highest BCUT2D eigenvalue weighted by Crippen LogP contribution is 2.29. The van der Waals surface area contributed by atoms with Crippen molar-refractivity contribution < 1.29 is 14.3 Å². The van der Waals surface area contributed by atoms with Gasteiger partial charge in [-0.3, -0.25) is 9.59 Å². The summed E-state index contributed by atoms with van der Waals surface area (Å²) in [5.74, 6) is -0.0466. The first kappa shape index (κ1) is 17.7. The number of ether oxygens (including phenoxy) is 1. The largest absolute Gasteiger partial charge is 0.469 e. The van der Waals surface area contributed by atoms with Crippen molar-refractivity contribution in [1.29, 1.82) is 0 Å². The second-order valence-electron chi connectivity index (χ2n) is 6.47.